The summed E-state index contributed by atoms with van der Waals surface area (Å²) in [5.41, 5.74) is 0. The molecule has 3 N–H and O–H groups in total. The molecule has 0 aliphatic rings. The zero-order valence-electron chi connectivity index (χ0n) is 12.5. The Morgan fingerprint density at radius 3 is 2.09 bits per heavy atom. The summed E-state index contributed by atoms with van der Waals surface area (Å²) in [6, 6.07) is 0. The van der Waals surface area contributed by atoms with Crippen molar-refractivity contribution in [1.82, 2.24) is 9.76 Å². The molecule has 1 unspecified atom stereocenters. The van der Waals surface area contributed by atoms with E-state index in [0.717, 1.165) is 6.92 Å². The van der Waals surface area contributed by atoms with E-state index >= 15 is 0 Å². The van der Waals surface area contributed by atoms with E-state index in [1.807, 2.05) is 0 Å². The van der Waals surface area contributed by atoms with Crippen LogP contribution in [0.4, 0.5) is 0 Å². The number of alkyl halides is 3. The molecule has 0 bridgehead atoms. The first-order valence-electron chi connectivity index (χ1n) is 6.61. The summed E-state index contributed by atoms with van der Waals surface area (Å²) in [6.45, 7) is 2.47. The van der Waals surface area contributed by atoms with Crippen LogP contribution in [0.25, 0.3) is 0 Å². The van der Waals surface area contributed by atoms with Crippen LogP contribution in [-0.2, 0) is 13.9 Å². The standard InChI is InChI=1S/C9H20Cl3N2O3P.C2H4O2/c10-2-6-14(7-3-11)18(16,17-9-4-12)13-5-1-8-15;1-2(3)4/h15H,1-9H2,(H,13,16);1H3,(H,3,4). The van der Waals surface area contributed by atoms with Crippen molar-refractivity contribution < 1.29 is 24.1 Å². The minimum atomic E-state index is -3.19. The predicted molar refractivity (Wildman–Crippen MR) is 90.3 cm³/mol. The number of carbonyl (C=O) groups is 1. The molecule has 0 saturated heterocycles. The van der Waals surface area contributed by atoms with E-state index in [1.54, 1.807) is 4.67 Å². The highest BCUT2D eigenvalue weighted by molar-refractivity contribution is 7.54. The van der Waals surface area contributed by atoms with E-state index in [4.69, 9.17) is 54.3 Å². The summed E-state index contributed by atoms with van der Waals surface area (Å²) in [5.74, 6) is 0.0703. The Morgan fingerprint density at radius 1 is 1.23 bits per heavy atom. The molecule has 0 saturated carbocycles. The van der Waals surface area contributed by atoms with Crippen molar-refractivity contribution >= 4 is 48.4 Å². The number of aliphatic hydroxyl groups is 1. The Balaban J connectivity index is 0. The van der Waals surface area contributed by atoms with Gasteiger partial charge in [-0.3, -0.25) is 9.36 Å². The minimum Gasteiger partial charge on any atom is -0.481 e. The molecule has 0 aliphatic carbocycles. The fourth-order valence-corrected chi connectivity index (χ4v) is 4.04. The summed E-state index contributed by atoms with van der Waals surface area (Å²) < 4.78 is 19.6. The van der Waals surface area contributed by atoms with Gasteiger partial charge in [0, 0.05) is 50.8 Å². The zero-order chi connectivity index (χ0) is 17.4. The van der Waals surface area contributed by atoms with Gasteiger partial charge in [0.2, 0.25) is 0 Å². The number of rotatable bonds is 12. The van der Waals surface area contributed by atoms with Crippen molar-refractivity contribution in [3.05, 3.63) is 0 Å². The molecule has 0 aliphatic heterocycles. The molecule has 0 heterocycles. The van der Waals surface area contributed by atoms with E-state index in [-0.39, 0.29) is 19.1 Å². The molecule has 1 atom stereocenters. The molecular formula is C11H24Cl3N2O5P. The van der Waals surface area contributed by atoms with E-state index < -0.39 is 13.6 Å². The van der Waals surface area contributed by atoms with Crippen molar-refractivity contribution in [3.8, 4) is 0 Å². The first-order chi connectivity index (χ1) is 10.4. The highest BCUT2D eigenvalue weighted by Crippen LogP contribution is 2.46. The highest BCUT2D eigenvalue weighted by Gasteiger charge is 2.30. The molecule has 0 aromatic heterocycles. The second kappa shape index (κ2) is 16.3. The van der Waals surface area contributed by atoms with E-state index in [0.29, 0.717) is 37.8 Å². The molecular weight excluding hydrogens is 377 g/mol. The molecule has 0 fully saturated rings. The van der Waals surface area contributed by atoms with Gasteiger partial charge in [-0.1, -0.05) is 0 Å². The Hall–Kier alpha value is 0.410. The van der Waals surface area contributed by atoms with Gasteiger partial charge >= 0.3 is 7.67 Å². The Kier molecular flexibility index (Phi) is 18.2. The lowest BCUT2D eigenvalue weighted by atomic mass is 10.5. The maximum absolute atomic E-state index is 12.7. The molecule has 0 aromatic carbocycles. The van der Waals surface area contributed by atoms with Gasteiger partial charge in [-0.25, -0.2) is 9.76 Å². The van der Waals surface area contributed by atoms with Gasteiger partial charge < -0.3 is 14.7 Å². The van der Waals surface area contributed by atoms with Gasteiger partial charge in [0.05, 0.1) is 6.61 Å². The third-order valence-corrected chi connectivity index (χ3v) is 4.84. The molecule has 7 nitrogen and oxygen atoms in total. The monoisotopic (exact) mass is 400 g/mol. The summed E-state index contributed by atoms with van der Waals surface area (Å²) in [7, 11) is -3.19. The van der Waals surface area contributed by atoms with Crippen LogP contribution >= 0.6 is 42.5 Å². The van der Waals surface area contributed by atoms with Crippen LogP contribution in [0.3, 0.4) is 0 Å². The van der Waals surface area contributed by atoms with Gasteiger partial charge in [0.1, 0.15) is 0 Å². The molecule has 0 rings (SSSR count). The fourth-order valence-electron chi connectivity index (χ4n) is 1.26. The number of hydrogen-bond acceptors (Lipinski definition) is 4. The van der Waals surface area contributed by atoms with Crippen molar-refractivity contribution in [2.75, 3.05) is 50.5 Å². The van der Waals surface area contributed by atoms with Crippen molar-refractivity contribution in [3.63, 3.8) is 0 Å². The van der Waals surface area contributed by atoms with Crippen LogP contribution in [-0.4, -0.2) is 71.3 Å². The largest absolute Gasteiger partial charge is 0.481 e. The van der Waals surface area contributed by atoms with Gasteiger partial charge in [0.15, 0.2) is 0 Å². The summed E-state index contributed by atoms with van der Waals surface area (Å²) in [5, 5.41) is 19.0. The number of aliphatic carboxylic acids is 1. The molecule has 0 spiro atoms. The van der Waals surface area contributed by atoms with E-state index in [2.05, 4.69) is 5.09 Å². The van der Waals surface area contributed by atoms with Gasteiger partial charge in [0.25, 0.3) is 5.97 Å². The van der Waals surface area contributed by atoms with Gasteiger partial charge in [-0.05, 0) is 6.42 Å². The number of carboxylic acids is 1. The van der Waals surface area contributed by atoms with Crippen LogP contribution < -0.4 is 5.09 Å². The quantitative estimate of drug-likeness (QED) is 0.262. The number of aliphatic hydroxyl groups excluding tert-OH is 1. The molecule has 11 heteroatoms. The molecule has 0 amide bonds. The smallest absolute Gasteiger partial charge is 0.343 e. The van der Waals surface area contributed by atoms with Gasteiger partial charge in [-0.2, -0.15) is 0 Å². The maximum Gasteiger partial charge on any atom is 0.343 e. The number of halogens is 3. The predicted octanol–water partition coefficient (Wildman–Crippen LogP) is 2.19. The lowest BCUT2D eigenvalue weighted by molar-refractivity contribution is -0.134. The fraction of sp³-hybridized carbons (Fsp3) is 0.909. The average Bonchev–Trinajstić information content (AvgIpc) is 2.44. The molecule has 22 heavy (non-hydrogen) atoms. The average molecular weight is 402 g/mol. The van der Waals surface area contributed by atoms with Gasteiger partial charge in [-0.15, -0.1) is 34.8 Å². The number of carboxylic acid groups (broad SMARTS) is 1. The Morgan fingerprint density at radius 2 is 1.73 bits per heavy atom. The first kappa shape index (κ1) is 24.7. The van der Waals surface area contributed by atoms with E-state index in [1.165, 1.54) is 0 Å². The first-order valence-corrected chi connectivity index (χ1v) is 9.79. The third kappa shape index (κ3) is 14.0. The molecule has 0 radical (unpaired) electrons. The Bertz CT molecular complexity index is 316. The van der Waals surface area contributed by atoms with Crippen LogP contribution in [0.1, 0.15) is 13.3 Å². The maximum atomic E-state index is 12.7. The SMILES string of the molecule is CC(=O)O.O=P(NCCCO)(OCCCl)N(CCCl)CCCl. The van der Waals surface area contributed by atoms with Crippen LogP contribution in [0, 0.1) is 0 Å². The zero-order valence-corrected chi connectivity index (χ0v) is 15.7. The number of nitrogens with zero attached hydrogens (tertiary/aromatic N) is 1. The second-order valence-corrected chi connectivity index (χ2v) is 7.19. The van der Waals surface area contributed by atoms with Crippen LogP contribution in [0.2, 0.25) is 0 Å². The lowest BCUT2D eigenvalue weighted by Crippen LogP contribution is -2.33. The molecule has 134 valence electrons. The third-order valence-electron chi connectivity index (χ3n) is 2.05. The summed E-state index contributed by atoms with van der Waals surface area (Å²) in [4.78, 5) is 9.00. The minimum absolute atomic E-state index is 0.0213. The van der Waals surface area contributed by atoms with Crippen LogP contribution in [0.15, 0.2) is 0 Å². The highest BCUT2D eigenvalue weighted by atomic mass is 35.5. The summed E-state index contributed by atoms with van der Waals surface area (Å²) in [6.07, 6.45) is 0.490. The molecule has 0 aromatic rings. The van der Waals surface area contributed by atoms with E-state index in [9.17, 15) is 4.57 Å². The topological polar surface area (TPSA) is 99.1 Å². The summed E-state index contributed by atoms with van der Waals surface area (Å²) >= 11 is 16.9. The number of nitrogens with one attached hydrogen (secondary N) is 1. The van der Waals surface area contributed by atoms with Crippen molar-refractivity contribution in [1.29, 1.82) is 0 Å². The van der Waals surface area contributed by atoms with Crippen molar-refractivity contribution in [2.24, 2.45) is 0 Å². The second-order valence-electron chi connectivity index (χ2n) is 3.88. The van der Waals surface area contributed by atoms with Crippen molar-refractivity contribution in [2.45, 2.75) is 13.3 Å². The Labute approximate surface area is 146 Å². The normalized spacial score (nSPS) is 13.4. The lowest BCUT2D eigenvalue weighted by Gasteiger charge is -2.30. The van der Waals surface area contributed by atoms with Crippen LogP contribution in [0.5, 0.6) is 0 Å². The number of hydrogen-bond donors (Lipinski definition) is 3.